The zero-order valence-corrected chi connectivity index (χ0v) is 35.7. The van der Waals surface area contributed by atoms with Crippen LogP contribution in [0.4, 0.5) is 15.3 Å². The Morgan fingerprint density at radius 2 is 1.49 bits per heavy atom. The molecule has 6 aromatic rings. The number of alkyl carbamates (subject to hydrolysis) is 2. The SMILES string of the molecule is COC(=O)N/C=C1/CCc2cccc3c2N(C1=O)C(c1ncc(-c2ccc(-c4cnc5cc(-c6cnc(C7CCCN7C(=O)C(NC(=O)OC)C(C)(C)C)[nH]6)ccc5n4)cc2)[nH]1)C3. The van der Waals surface area contributed by atoms with Crippen molar-refractivity contribution >= 4 is 40.7 Å². The maximum Gasteiger partial charge on any atom is 0.410 e. The summed E-state index contributed by atoms with van der Waals surface area (Å²) in [5, 5.41) is 5.29. The number of aryl methyl sites for hydroxylation is 1. The number of H-pyrrole nitrogens is 2. The molecule has 1 fully saturated rings. The molecule has 0 radical (unpaired) electrons. The fraction of sp³-hybridized carbons (Fsp3) is 0.319. The van der Waals surface area contributed by atoms with Gasteiger partial charge in [0.25, 0.3) is 5.91 Å². The van der Waals surface area contributed by atoms with Crippen LogP contribution in [-0.2, 0) is 31.9 Å². The van der Waals surface area contributed by atoms with Gasteiger partial charge in [-0.1, -0.05) is 69.3 Å². The number of carbonyl (C=O) groups is 4. The van der Waals surface area contributed by atoms with Gasteiger partial charge in [-0.25, -0.2) is 24.5 Å². The Balaban J connectivity index is 0.898. The minimum Gasteiger partial charge on any atom is -0.453 e. The molecule has 0 saturated carbocycles. The second kappa shape index (κ2) is 16.5. The fourth-order valence-electron chi connectivity index (χ4n) is 8.86. The Bertz CT molecular complexity index is 2790. The Morgan fingerprint density at radius 1 is 0.810 bits per heavy atom. The van der Waals surface area contributed by atoms with Gasteiger partial charge in [0.15, 0.2) is 0 Å². The lowest BCUT2D eigenvalue weighted by Crippen LogP contribution is -2.54. The summed E-state index contributed by atoms with van der Waals surface area (Å²) in [6, 6.07) is 18.7. The number of amides is 4. The Morgan fingerprint density at radius 3 is 2.22 bits per heavy atom. The van der Waals surface area contributed by atoms with Crippen LogP contribution >= 0.6 is 0 Å². The number of para-hydroxylation sites is 1. The standard InChI is InChI=1S/C47H48N10O6/c1-47(2,3)40(55-46(61)63-5)44(59)56-19-7-10-37(56)41-49-25-36(54-41)29-17-18-32-33(20-29)48-23-34(52-32)26-11-13-27(14-12-26)35-24-50-42(53-35)38-21-30-9-6-8-28-15-16-31(22-51-45(60)62-4)43(58)57(38)39(28)30/h6,8-9,11-14,17-18,20,22-25,37-38,40H,7,10,15-16,19,21H2,1-5H3,(H,49,54)(H,50,53)(H,51,60)(H,55,61)/b31-22-. The summed E-state index contributed by atoms with van der Waals surface area (Å²) in [5.74, 6) is 1.02. The van der Waals surface area contributed by atoms with Crippen LogP contribution in [0.2, 0.25) is 0 Å². The average Bonchev–Trinajstić information content (AvgIpc) is 4.12. The number of carbonyl (C=O) groups excluding carboxylic acids is 4. The summed E-state index contributed by atoms with van der Waals surface area (Å²) in [4.78, 5) is 81.5. The molecule has 3 atom stereocenters. The second-order valence-electron chi connectivity index (χ2n) is 17.2. The van der Waals surface area contributed by atoms with Crippen LogP contribution in [0.15, 0.2) is 91.0 Å². The lowest BCUT2D eigenvalue weighted by molar-refractivity contribution is -0.137. The highest BCUT2D eigenvalue weighted by Crippen LogP contribution is 2.45. The van der Waals surface area contributed by atoms with E-state index in [0.717, 1.165) is 74.5 Å². The summed E-state index contributed by atoms with van der Waals surface area (Å²) >= 11 is 0. The molecular formula is C47H48N10O6. The smallest absolute Gasteiger partial charge is 0.410 e. The van der Waals surface area contributed by atoms with E-state index in [9.17, 15) is 19.2 Å². The molecule has 4 N–H and O–H groups in total. The van der Waals surface area contributed by atoms with E-state index in [2.05, 4.69) is 32.7 Å². The summed E-state index contributed by atoms with van der Waals surface area (Å²) in [6.45, 7) is 6.31. The van der Waals surface area contributed by atoms with Gasteiger partial charge in [-0.15, -0.1) is 0 Å². The summed E-state index contributed by atoms with van der Waals surface area (Å²) in [5.41, 5.74) is 9.55. The average molecular weight is 849 g/mol. The van der Waals surface area contributed by atoms with Gasteiger partial charge in [0, 0.05) is 35.9 Å². The molecule has 1 saturated heterocycles. The van der Waals surface area contributed by atoms with Crippen molar-refractivity contribution in [3.05, 3.63) is 114 Å². The number of hydrogen-bond donors (Lipinski definition) is 4. The van der Waals surface area contributed by atoms with Crippen molar-refractivity contribution in [2.45, 2.75) is 71.0 Å². The highest BCUT2D eigenvalue weighted by molar-refractivity contribution is 6.08. The quantitative estimate of drug-likeness (QED) is 0.112. The van der Waals surface area contributed by atoms with Gasteiger partial charge in [0.2, 0.25) is 5.91 Å². The number of likely N-dealkylation sites (tertiary alicyclic amines) is 1. The Labute approximate surface area is 363 Å². The van der Waals surface area contributed by atoms with E-state index in [1.54, 1.807) is 23.5 Å². The van der Waals surface area contributed by atoms with Gasteiger partial charge in [-0.05, 0) is 59.9 Å². The van der Waals surface area contributed by atoms with Gasteiger partial charge >= 0.3 is 12.2 Å². The maximum absolute atomic E-state index is 14.0. The van der Waals surface area contributed by atoms with Crippen LogP contribution in [-0.4, -0.2) is 85.6 Å². The topological polar surface area (TPSA) is 200 Å². The number of ether oxygens (including phenoxy) is 2. The van der Waals surface area contributed by atoms with E-state index in [0.29, 0.717) is 43.0 Å². The molecule has 3 aromatic heterocycles. The van der Waals surface area contributed by atoms with Crippen molar-refractivity contribution in [1.29, 1.82) is 0 Å². The van der Waals surface area contributed by atoms with Crippen molar-refractivity contribution in [1.82, 2.24) is 45.4 Å². The van der Waals surface area contributed by atoms with Gasteiger partial charge < -0.3 is 29.7 Å². The minimum atomic E-state index is -0.760. The number of aromatic nitrogens is 6. The van der Waals surface area contributed by atoms with E-state index in [-0.39, 0.29) is 23.9 Å². The first kappa shape index (κ1) is 41.0. The second-order valence-corrected chi connectivity index (χ2v) is 17.2. The molecule has 16 nitrogen and oxygen atoms in total. The zero-order valence-electron chi connectivity index (χ0n) is 35.7. The van der Waals surface area contributed by atoms with E-state index in [4.69, 9.17) is 29.4 Å². The number of imidazole rings is 2. The Kier molecular flexibility index (Phi) is 10.7. The number of nitrogens with one attached hydrogen (secondary N) is 4. The van der Waals surface area contributed by atoms with Crippen LogP contribution in [0.1, 0.15) is 74.9 Å². The number of hydrogen-bond acceptors (Lipinski definition) is 10. The molecule has 0 spiro atoms. The highest BCUT2D eigenvalue weighted by atomic mass is 16.5. The molecule has 3 unspecified atom stereocenters. The molecule has 3 aliphatic heterocycles. The van der Waals surface area contributed by atoms with E-state index < -0.39 is 23.6 Å². The van der Waals surface area contributed by atoms with Crippen LogP contribution in [0.25, 0.3) is 44.8 Å². The third-order valence-electron chi connectivity index (χ3n) is 12.1. The van der Waals surface area contributed by atoms with Crippen molar-refractivity contribution in [3.63, 3.8) is 0 Å². The maximum atomic E-state index is 14.0. The van der Waals surface area contributed by atoms with Crippen molar-refractivity contribution < 1.29 is 28.7 Å². The molecular weight excluding hydrogens is 801 g/mol. The van der Waals surface area contributed by atoms with Gasteiger partial charge in [-0.2, -0.15) is 0 Å². The monoisotopic (exact) mass is 848 g/mol. The predicted molar refractivity (Wildman–Crippen MR) is 235 cm³/mol. The molecule has 16 heteroatoms. The van der Waals surface area contributed by atoms with Crippen LogP contribution < -0.4 is 15.5 Å². The number of benzene rings is 3. The van der Waals surface area contributed by atoms with E-state index in [1.807, 2.05) is 74.2 Å². The van der Waals surface area contributed by atoms with E-state index in [1.165, 1.54) is 20.4 Å². The van der Waals surface area contributed by atoms with Crippen molar-refractivity contribution in [2.24, 2.45) is 5.41 Å². The molecule has 63 heavy (non-hydrogen) atoms. The van der Waals surface area contributed by atoms with Crippen LogP contribution in [0.5, 0.6) is 0 Å². The number of fused-ring (bicyclic) bond motifs is 1. The molecule has 3 aliphatic rings. The minimum absolute atomic E-state index is 0.169. The lowest BCUT2D eigenvalue weighted by atomic mass is 9.85. The van der Waals surface area contributed by atoms with Crippen LogP contribution in [0.3, 0.4) is 0 Å². The number of rotatable bonds is 8. The molecule has 4 amide bonds. The zero-order chi connectivity index (χ0) is 44.0. The van der Waals surface area contributed by atoms with E-state index >= 15 is 0 Å². The molecule has 0 bridgehead atoms. The molecule has 0 aliphatic carbocycles. The first-order chi connectivity index (χ1) is 30.4. The summed E-state index contributed by atoms with van der Waals surface area (Å²) in [6.07, 6.45) is 8.84. The third-order valence-corrected chi connectivity index (χ3v) is 12.1. The van der Waals surface area contributed by atoms with Crippen molar-refractivity contribution in [3.8, 4) is 33.8 Å². The molecule has 9 rings (SSSR count). The fourth-order valence-corrected chi connectivity index (χ4v) is 8.86. The predicted octanol–water partition coefficient (Wildman–Crippen LogP) is 7.33. The number of anilines is 1. The Hall–Kier alpha value is -7.36. The largest absolute Gasteiger partial charge is 0.453 e. The first-order valence-electron chi connectivity index (χ1n) is 21.0. The summed E-state index contributed by atoms with van der Waals surface area (Å²) < 4.78 is 9.52. The third kappa shape index (κ3) is 7.88. The lowest BCUT2D eigenvalue weighted by Gasteiger charge is -2.35. The first-order valence-corrected chi connectivity index (χ1v) is 21.0. The summed E-state index contributed by atoms with van der Waals surface area (Å²) in [7, 11) is 2.57. The van der Waals surface area contributed by atoms with Crippen molar-refractivity contribution in [2.75, 3.05) is 25.7 Å². The molecule has 6 heterocycles. The number of aromatic amines is 2. The number of methoxy groups -OCH3 is 2. The van der Waals surface area contributed by atoms with Gasteiger partial charge in [0.1, 0.15) is 17.7 Å². The van der Waals surface area contributed by atoms with Crippen LogP contribution in [0, 0.1) is 5.41 Å². The van der Waals surface area contributed by atoms with Gasteiger partial charge in [0.05, 0.1) is 78.7 Å². The molecule has 3 aromatic carbocycles. The van der Waals surface area contributed by atoms with Gasteiger partial charge in [-0.3, -0.25) is 24.8 Å². The molecule has 322 valence electrons. The normalized spacial score (nSPS) is 18.3. The highest BCUT2D eigenvalue weighted by Gasteiger charge is 2.42. The number of nitrogens with zero attached hydrogens (tertiary/aromatic N) is 6.